The molecule has 1 saturated carbocycles. The Morgan fingerprint density at radius 3 is 2.69 bits per heavy atom. The van der Waals surface area contributed by atoms with Crippen molar-refractivity contribution in [3.8, 4) is 0 Å². The normalized spacial score (nSPS) is 40.2. The van der Waals surface area contributed by atoms with Gasteiger partial charge in [0.1, 0.15) is 6.10 Å². The SMILES string of the molecule is CC(=O)OC1CCCC2C1CCC(C)N2C. The Kier molecular flexibility index (Phi) is 3.53. The highest BCUT2D eigenvalue weighted by molar-refractivity contribution is 5.66. The van der Waals surface area contributed by atoms with Gasteiger partial charge in [0.2, 0.25) is 0 Å². The number of hydrogen-bond acceptors (Lipinski definition) is 3. The van der Waals surface area contributed by atoms with Crippen molar-refractivity contribution in [2.75, 3.05) is 7.05 Å². The zero-order valence-corrected chi connectivity index (χ0v) is 10.6. The van der Waals surface area contributed by atoms with Crippen LogP contribution in [0.15, 0.2) is 0 Å². The van der Waals surface area contributed by atoms with E-state index in [2.05, 4.69) is 18.9 Å². The lowest BCUT2D eigenvalue weighted by atomic mass is 9.75. The average molecular weight is 225 g/mol. The molecule has 3 heteroatoms. The molecule has 1 aliphatic heterocycles. The molecular formula is C13H23NO2. The lowest BCUT2D eigenvalue weighted by molar-refractivity contribution is -0.155. The second kappa shape index (κ2) is 4.74. The maximum atomic E-state index is 11.1. The van der Waals surface area contributed by atoms with Crippen molar-refractivity contribution < 1.29 is 9.53 Å². The Morgan fingerprint density at radius 1 is 1.25 bits per heavy atom. The van der Waals surface area contributed by atoms with E-state index in [-0.39, 0.29) is 12.1 Å². The number of hydrogen-bond donors (Lipinski definition) is 0. The van der Waals surface area contributed by atoms with Crippen molar-refractivity contribution in [2.24, 2.45) is 5.92 Å². The number of rotatable bonds is 1. The van der Waals surface area contributed by atoms with Crippen molar-refractivity contribution in [3.63, 3.8) is 0 Å². The van der Waals surface area contributed by atoms with E-state index in [0.29, 0.717) is 18.0 Å². The first-order valence-corrected chi connectivity index (χ1v) is 6.48. The Morgan fingerprint density at radius 2 is 2.00 bits per heavy atom. The number of piperidine rings is 1. The van der Waals surface area contributed by atoms with Crippen molar-refractivity contribution in [2.45, 2.75) is 64.1 Å². The standard InChI is InChI=1S/C13H23NO2/c1-9-7-8-11-12(14(9)3)5-4-6-13(11)16-10(2)15/h9,11-13H,4-8H2,1-3H3. The van der Waals surface area contributed by atoms with Crippen LogP contribution >= 0.6 is 0 Å². The van der Waals surface area contributed by atoms with Gasteiger partial charge >= 0.3 is 5.97 Å². The van der Waals surface area contributed by atoms with Gasteiger partial charge in [-0.2, -0.15) is 0 Å². The Labute approximate surface area is 98.1 Å². The van der Waals surface area contributed by atoms with Crippen LogP contribution in [0.2, 0.25) is 0 Å². The smallest absolute Gasteiger partial charge is 0.302 e. The fourth-order valence-electron chi connectivity index (χ4n) is 3.41. The monoisotopic (exact) mass is 225 g/mol. The molecule has 0 aromatic rings. The first-order chi connectivity index (χ1) is 7.59. The van der Waals surface area contributed by atoms with E-state index in [1.165, 1.54) is 32.6 Å². The number of carbonyl (C=O) groups is 1. The lowest BCUT2D eigenvalue weighted by Crippen LogP contribution is -2.53. The minimum absolute atomic E-state index is 0.119. The maximum Gasteiger partial charge on any atom is 0.302 e. The summed E-state index contributed by atoms with van der Waals surface area (Å²) < 4.78 is 5.48. The van der Waals surface area contributed by atoms with Crippen LogP contribution in [0.4, 0.5) is 0 Å². The van der Waals surface area contributed by atoms with E-state index in [9.17, 15) is 4.79 Å². The zero-order valence-electron chi connectivity index (χ0n) is 10.6. The Hall–Kier alpha value is -0.570. The number of fused-ring (bicyclic) bond motifs is 1. The predicted molar refractivity (Wildman–Crippen MR) is 63.1 cm³/mol. The van der Waals surface area contributed by atoms with Gasteiger partial charge in [-0.3, -0.25) is 4.79 Å². The first kappa shape index (κ1) is 11.9. The summed E-state index contributed by atoms with van der Waals surface area (Å²) in [6.45, 7) is 3.82. The van der Waals surface area contributed by atoms with Crippen LogP contribution in [-0.4, -0.2) is 36.1 Å². The van der Waals surface area contributed by atoms with Gasteiger partial charge in [-0.05, 0) is 46.1 Å². The Balaban J connectivity index is 2.05. The molecule has 0 amide bonds. The molecule has 0 bridgehead atoms. The molecule has 4 atom stereocenters. The molecular weight excluding hydrogens is 202 g/mol. The van der Waals surface area contributed by atoms with Crippen LogP contribution in [0.25, 0.3) is 0 Å². The summed E-state index contributed by atoms with van der Waals surface area (Å²) >= 11 is 0. The molecule has 1 heterocycles. The van der Waals surface area contributed by atoms with E-state index >= 15 is 0 Å². The van der Waals surface area contributed by atoms with Gasteiger partial charge in [0.05, 0.1) is 0 Å². The number of ether oxygens (including phenoxy) is 1. The fraction of sp³-hybridized carbons (Fsp3) is 0.923. The summed E-state index contributed by atoms with van der Waals surface area (Å²) in [5, 5.41) is 0. The molecule has 2 aliphatic rings. The highest BCUT2D eigenvalue weighted by atomic mass is 16.5. The molecule has 0 aromatic heterocycles. The molecule has 2 rings (SSSR count). The molecule has 2 fully saturated rings. The van der Waals surface area contributed by atoms with Crippen LogP contribution in [0.1, 0.15) is 46.0 Å². The zero-order chi connectivity index (χ0) is 11.7. The minimum atomic E-state index is -0.119. The third kappa shape index (κ3) is 2.24. The third-order valence-corrected chi connectivity index (χ3v) is 4.41. The third-order valence-electron chi connectivity index (χ3n) is 4.41. The predicted octanol–water partition coefficient (Wildman–Crippen LogP) is 2.20. The largest absolute Gasteiger partial charge is 0.462 e. The van der Waals surface area contributed by atoms with Gasteiger partial charge in [-0.15, -0.1) is 0 Å². The molecule has 0 radical (unpaired) electrons. The summed E-state index contributed by atoms with van der Waals surface area (Å²) in [5.74, 6) is 0.450. The van der Waals surface area contributed by atoms with E-state index < -0.39 is 0 Å². The molecule has 0 spiro atoms. The number of nitrogens with zero attached hydrogens (tertiary/aromatic N) is 1. The van der Waals surface area contributed by atoms with Crippen LogP contribution < -0.4 is 0 Å². The fourth-order valence-corrected chi connectivity index (χ4v) is 3.41. The summed E-state index contributed by atoms with van der Waals surface area (Å²) in [6.07, 6.45) is 6.14. The average Bonchev–Trinajstić information content (AvgIpc) is 2.23. The molecule has 92 valence electrons. The van der Waals surface area contributed by atoms with E-state index in [4.69, 9.17) is 4.74 Å². The molecule has 0 N–H and O–H groups in total. The van der Waals surface area contributed by atoms with E-state index in [0.717, 1.165) is 6.42 Å². The van der Waals surface area contributed by atoms with Gasteiger partial charge in [-0.25, -0.2) is 0 Å². The Bertz CT molecular complexity index is 267. The van der Waals surface area contributed by atoms with E-state index in [1.54, 1.807) is 0 Å². The highest BCUT2D eigenvalue weighted by Crippen LogP contribution is 2.38. The molecule has 3 nitrogen and oxygen atoms in total. The van der Waals surface area contributed by atoms with E-state index in [1.807, 2.05) is 0 Å². The topological polar surface area (TPSA) is 29.5 Å². The summed E-state index contributed by atoms with van der Waals surface area (Å²) in [7, 11) is 2.22. The maximum absolute atomic E-state index is 11.1. The first-order valence-electron chi connectivity index (χ1n) is 6.48. The number of esters is 1. The summed E-state index contributed by atoms with van der Waals surface area (Å²) in [5.41, 5.74) is 0. The molecule has 0 aromatic carbocycles. The van der Waals surface area contributed by atoms with Crippen molar-refractivity contribution in [1.82, 2.24) is 4.90 Å². The van der Waals surface area contributed by atoms with Crippen LogP contribution in [0.3, 0.4) is 0 Å². The molecule has 1 aliphatic carbocycles. The van der Waals surface area contributed by atoms with Crippen molar-refractivity contribution >= 4 is 5.97 Å². The molecule has 4 unspecified atom stereocenters. The molecule has 1 saturated heterocycles. The van der Waals surface area contributed by atoms with Gasteiger partial charge in [-0.1, -0.05) is 0 Å². The van der Waals surface area contributed by atoms with Gasteiger partial charge in [0.15, 0.2) is 0 Å². The summed E-state index contributed by atoms with van der Waals surface area (Å²) in [6, 6.07) is 1.30. The van der Waals surface area contributed by atoms with Gasteiger partial charge in [0, 0.05) is 24.9 Å². The van der Waals surface area contributed by atoms with Crippen molar-refractivity contribution in [1.29, 1.82) is 0 Å². The van der Waals surface area contributed by atoms with Crippen LogP contribution in [0.5, 0.6) is 0 Å². The highest BCUT2D eigenvalue weighted by Gasteiger charge is 2.41. The van der Waals surface area contributed by atoms with Crippen LogP contribution in [-0.2, 0) is 9.53 Å². The van der Waals surface area contributed by atoms with Crippen LogP contribution in [0, 0.1) is 5.92 Å². The second-order valence-electron chi connectivity index (χ2n) is 5.40. The molecule has 16 heavy (non-hydrogen) atoms. The van der Waals surface area contributed by atoms with Crippen molar-refractivity contribution in [3.05, 3.63) is 0 Å². The number of likely N-dealkylation sites (tertiary alicyclic amines) is 1. The minimum Gasteiger partial charge on any atom is -0.462 e. The number of carbonyl (C=O) groups excluding carboxylic acids is 1. The lowest BCUT2D eigenvalue weighted by Gasteiger charge is -2.48. The quantitative estimate of drug-likeness (QED) is 0.641. The van der Waals surface area contributed by atoms with Gasteiger partial charge in [0.25, 0.3) is 0 Å². The van der Waals surface area contributed by atoms with Gasteiger partial charge < -0.3 is 9.64 Å². The second-order valence-corrected chi connectivity index (χ2v) is 5.40. The summed E-state index contributed by atoms with van der Waals surface area (Å²) in [4.78, 5) is 13.6.